The lowest BCUT2D eigenvalue weighted by Crippen LogP contribution is -2.33. The van der Waals surface area contributed by atoms with Crippen LogP contribution in [0.3, 0.4) is 0 Å². The van der Waals surface area contributed by atoms with Crippen molar-refractivity contribution in [3.63, 3.8) is 0 Å². The average Bonchev–Trinajstić information content (AvgIpc) is 2.95. The van der Waals surface area contributed by atoms with Gasteiger partial charge in [0, 0.05) is 49.0 Å². The number of ether oxygens (including phenoxy) is 2. The second-order valence-corrected chi connectivity index (χ2v) is 10.5. The number of hydrogen-bond donors (Lipinski definition) is 5. The minimum atomic E-state index is -0.827. The zero-order chi connectivity index (χ0) is 31.8. The molecular formula is C33H38N6O5. The molecule has 1 atom stereocenters. The Bertz CT molecular complexity index is 1640. The molecule has 4 aromatic rings. The summed E-state index contributed by atoms with van der Waals surface area (Å²) >= 11 is 0. The third-order valence-corrected chi connectivity index (χ3v) is 6.43. The van der Waals surface area contributed by atoms with E-state index >= 15 is 0 Å². The van der Waals surface area contributed by atoms with Gasteiger partial charge in [-0.05, 0) is 91.9 Å². The molecule has 44 heavy (non-hydrogen) atoms. The van der Waals surface area contributed by atoms with Crippen LogP contribution in [0.2, 0.25) is 0 Å². The predicted octanol–water partition coefficient (Wildman–Crippen LogP) is 5.39. The fourth-order valence-electron chi connectivity index (χ4n) is 4.72. The van der Waals surface area contributed by atoms with Crippen molar-refractivity contribution in [2.45, 2.75) is 53.3 Å². The summed E-state index contributed by atoms with van der Waals surface area (Å²) in [6.45, 7) is 9.09. The molecule has 0 unspecified atom stereocenters. The third-order valence-electron chi connectivity index (χ3n) is 6.43. The Hall–Kier alpha value is -5.32. The number of aromatic nitrogens is 1. The molecule has 3 aromatic carbocycles. The number of pyridine rings is 1. The first-order valence-corrected chi connectivity index (χ1v) is 14.3. The van der Waals surface area contributed by atoms with Crippen molar-refractivity contribution in [1.82, 2.24) is 10.3 Å². The summed E-state index contributed by atoms with van der Waals surface area (Å²) in [5.41, 5.74) is 9.06. The van der Waals surface area contributed by atoms with Gasteiger partial charge < -0.3 is 36.5 Å². The molecule has 0 fully saturated rings. The van der Waals surface area contributed by atoms with Crippen LogP contribution in [0.25, 0.3) is 10.8 Å². The Morgan fingerprint density at radius 3 is 2.20 bits per heavy atom. The predicted molar refractivity (Wildman–Crippen MR) is 173 cm³/mol. The number of carbonyl (C=O) groups is 3. The summed E-state index contributed by atoms with van der Waals surface area (Å²) in [6.07, 6.45) is 1.57. The van der Waals surface area contributed by atoms with Crippen LogP contribution in [0, 0.1) is 0 Å². The fourth-order valence-corrected chi connectivity index (χ4v) is 4.72. The number of nitrogens with two attached hydrogens (primary N) is 1. The van der Waals surface area contributed by atoms with E-state index in [-0.39, 0.29) is 30.4 Å². The molecule has 4 rings (SSSR count). The Morgan fingerprint density at radius 1 is 0.864 bits per heavy atom. The van der Waals surface area contributed by atoms with Gasteiger partial charge in [0.25, 0.3) is 0 Å². The standard InChI is InChI=1S/C33H38N6O5/c1-6-43-30-16-24(7-10-29(30)44-19(2)3)31(39-25-8-9-28-23(15-25)11-12-35-32(28)34)33(42)36-18-22-13-26(37-20(4)40)17-27(14-22)38-21(5)41/h7-17,19,31,39H,6,18H2,1-5H3,(H2,34,35)(H,36,42)(H,37,40)(H,38,41)/t31-/m1/s1. The van der Waals surface area contributed by atoms with Gasteiger partial charge in [0.05, 0.1) is 12.7 Å². The van der Waals surface area contributed by atoms with Gasteiger partial charge in [0.15, 0.2) is 11.5 Å². The second kappa shape index (κ2) is 14.2. The van der Waals surface area contributed by atoms with Crippen molar-refractivity contribution >= 4 is 51.4 Å². The number of nitrogen functional groups attached to an aromatic ring is 1. The lowest BCUT2D eigenvalue weighted by molar-refractivity contribution is -0.122. The zero-order valence-electron chi connectivity index (χ0n) is 25.5. The van der Waals surface area contributed by atoms with Crippen LogP contribution in [0.4, 0.5) is 22.9 Å². The molecule has 1 aromatic heterocycles. The SMILES string of the molecule is CCOc1cc([C@@H](Nc2ccc3c(N)nccc3c2)C(=O)NCc2cc(NC(C)=O)cc(NC(C)=O)c2)ccc1OC(C)C. The van der Waals surface area contributed by atoms with E-state index in [0.717, 1.165) is 10.8 Å². The maximum Gasteiger partial charge on any atom is 0.247 e. The topological polar surface area (TPSA) is 157 Å². The number of carbonyl (C=O) groups excluding carboxylic acids is 3. The van der Waals surface area contributed by atoms with Crippen LogP contribution >= 0.6 is 0 Å². The number of nitrogens with zero attached hydrogens (tertiary/aromatic N) is 1. The summed E-state index contributed by atoms with van der Waals surface area (Å²) in [4.78, 5) is 41.4. The zero-order valence-corrected chi connectivity index (χ0v) is 25.5. The van der Waals surface area contributed by atoms with Gasteiger partial charge in [-0.2, -0.15) is 0 Å². The molecule has 0 aliphatic heterocycles. The third kappa shape index (κ3) is 8.37. The first-order chi connectivity index (χ1) is 21.0. The molecule has 0 bridgehead atoms. The van der Waals surface area contributed by atoms with Gasteiger partial charge in [-0.1, -0.05) is 6.07 Å². The van der Waals surface area contributed by atoms with Gasteiger partial charge in [0.2, 0.25) is 17.7 Å². The molecule has 6 N–H and O–H groups in total. The van der Waals surface area contributed by atoms with Crippen LogP contribution < -0.4 is 36.5 Å². The largest absolute Gasteiger partial charge is 0.490 e. The summed E-state index contributed by atoms with van der Waals surface area (Å²) < 4.78 is 11.8. The van der Waals surface area contributed by atoms with Crippen LogP contribution in [-0.2, 0) is 20.9 Å². The van der Waals surface area contributed by atoms with Gasteiger partial charge in [-0.3, -0.25) is 14.4 Å². The lowest BCUT2D eigenvalue weighted by Gasteiger charge is -2.22. The summed E-state index contributed by atoms with van der Waals surface area (Å²) in [5.74, 6) is 0.701. The number of nitrogens with one attached hydrogen (secondary N) is 4. The number of benzene rings is 3. The molecule has 0 aliphatic rings. The highest BCUT2D eigenvalue weighted by molar-refractivity contribution is 5.94. The van der Waals surface area contributed by atoms with Crippen LogP contribution in [0.15, 0.2) is 66.9 Å². The lowest BCUT2D eigenvalue weighted by atomic mass is 10.0. The van der Waals surface area contributed by atoms with Gasteiger partial charge in [-0.25, -0.2) is 4.98 Å². The smallest absolute Gasteiger partial charge is 0.247 e. The van der Waals surface area contributed by atoms with Gasteiger partial charge in [-0.15, -0.1) is 0 Å². The molecule has 230 valence electrons. The minimum absolute atomic E-state index is 0.0626. The van der Waals surface area contributed by atoms with E-state index < -0.39 is 6.04 Å². The Morgan fingerprint density at radius 2 is 1.57 bits per heavy atom. The van der Waals surface area contributed by atoms with E-state index in [1.54, 1.807) is 36.5 Å². The Labute approximate surface area is 256 Å². The quantitative estimate of drug-likeness (QED) is 0.145. The maximum atomic E-state index is 13.9. The van der Waals surface area contributed by atoms with Crippen molar-refractivity contribution in [3.8, 4) is 11.5 Å². The molecule has 0 saturated heterocycles. The summed E-state index contributed by atoms with van der Waals surface area (Å²) in [6, 6.07) is 17.2. The molecule has 11 heteroatoms. The maximum absolute atomic E-state index is 13.9. The number of fused-ring (bicyclic) bond motifs is 1. The normalized spacial score (nSPS) is 11.5. The molecule has 0 radical (unpaired) electrons. The van der Waals surface area contributed by atoms with Crippen molar-refractivity contribution in [3.05, 3.63) is 78.0 Å². The first-order valence-electron chi connectivity index (χ1n) is 14.3. The average molecular weight is 599 g/mol. The van der Waals surface area contributed by atoms with E-state index in [1.807, 2.05) is 51.1 Å². The van der Waals surface area contributed by atoms with Crippen molar-refractivity contribution < 1.29 is 23.9 Å². The number of rotatable bonds is 12. The number of anilines is 4. The summed E-state index contributed by atoms with van der Waals surface area (Å²) in [5, 5.41) is 13.5. The molecule has 3 amide bonds. The fraction of sp³-hybridized carbons (Fsp3) is 0.273. The van der Waals surface area contributed by atoms with Crippen molar-refractivity contribution in [2.24, 2.45) is 0 Å². The van der Waals surface area contributed by atoms with E-state index in [2.05, 4.69) is 26.3 Å². The molecular weight excluding hydrogens is 560 g/mol. The number of hydrogen-bond acceptors (Lipinski definition) is 8. The minimum Gasteiger partial charge on any atom is -0.490 e. The van der Waals surface area contributed by atoms with E-state index in [1.165, 1.54) is 13.8 Å². The van der Waals surface area contributed by atoms with Crippen LogP contribution in [0.1, 0.15) is 51.8 Å². The highest BCUT2D eigenvalue weighted by Gasteiger charge is 2.23. The second-order valence-electron chi connectivity index (χ2n) is 10.5. The first kappa shape index (κ1) is 31.6. The van der Waals surface area contributed by atoms with Crippen LogP contribution in [0.5, 0.6) is 11.5 Å². The molecule has 0 saturated carbocycles. The highest BCUT2D eigenvalue weighted by Crippen LogP contribution is 2.33. The van der Waals surface area contributed by atoms with Gasteiger partial charge >= 0.3 is 0 Å². The number of amides is 3. The van der Waals surface area contributed by atoms with E-state index in [0.29, 0.717) is 52.1 Å². The molecule has 0 spiro atoms. The Balaban J connectivity index is 1.67. The van der Waals surface area contributed by atoms with Gasteiger partial charge in [0.1, 0.15) is 11.9 Å². The Kier molecular flexibility index (Phi) is 10.2. The highest BCUT2D eigenvalue weighted by atomic mass is 16.5. The molecule has 1 heterocycles. The summed E-state index contributed by atoms with van der Waals surface area (Å²) in [7, 11) is 0. The monoisotopic (exact) mass is 598 g/mol. The van der Waals surface area contributed by atoms with Crippen LogP contribution in [-0.4, -0.2) is 35.4 Å². The molecule has 11 nitrogen and oxygen atoms in total. The van der Waals surface area contributed by atoms with E-state index in [9.17, 15) is 14.4 Å². The van der Waals surface area contributed by atoms with Crippen molar-refractivity contribution in [1.29, 1.82) is 0 Å². The van der Waals surface area contributed by atoms with Crippen molar-refractivity contribution in [2.75, 3.05) is 28.3 Å². The van der Waals surface area contributed by atoms with E-state index in [4.69, 9.17) is 15.2 Å². The molecule has 0 aliphatic carbocycles.